The molecule has 3 aliphatic rings. The van der Waals surface area contributed by atoms with Gasteiger partial charge in [0.15, 0.2) is 11.3 Å². The van der Waals surface area contributed by atoms with Gasteiger partial charge in [0.1, 0.15) is 24.1 Å². The third-order valence-corrected chi connectivity index (χ3v) is 8.79. The number of carboxylic acids is 1. The van der Waals surface area contributed by atoms with Crippen LogP contribution < -0.4 is 26.5 Å². The molecule has 1 aliphatic carbocycles. The fraction of sp³-hybridized carbons (Fsp3) is 0.391. The zero-order valence-corrected chi connectivity index (χ0v) is 22.6. The topological polar surface area (TPSA) is 210 Å². The lowest BCUT2D eigenvalue weighted by molar-refractivity contribution is -0.662. The summed E-state index contributed by atoms with van der Waals surface area (Å²) in [6.07, 6.45) is 6.77. The fourth-order valence-electron chi connectivity index (χ4n) is 5.03. The van der Waals surface area contributed by atoms with E-state index in [0.29, 0.717) is 17.0 Å². The summed E-state index contributed by atoms with van der Waals surface area (Å²) in [5.74, 6) is -2.15. The highest BCUT2D eigenvalue weighted by molar-refractivity contribution is 8.00. The number of imidazole rings is 1. The molecule has 5 heterocycles. The van der Waals surface area contributed by atoms with Crippen LogP contribution >= 0.6 is 23.3 Å². The summed E-state index contributed by atoms with van der Waals surface area (Å²) < 4.78 is 7.35. The molecule has 2 unspecified atom stereocenters. The summed E-state index contributed by atoms with van der Waals surface area (Å²) in [5, 5.41) is 22.6. The van der Waals surface area contributed by atoms with Crippen LogP contribution in [-0.4, -0.2) is 70.6 Å². The minimum Gasteiger partial charge on any atom is -0.543 e. The molecule has 0 radical (unpaired) electrons. The Hall–Kier alpha value is -4.25. The summed E-state index contributed by atoms with van der Waals surface area (Å²) in [5.41, 5.74) is 12.4. The number of oxime groups is 1. The zero-order valence-electron chi connectivity index (χ0n) is 20.9. The van der Waals surface area contributed by atoms with Crippen molar-refractivity contribution in [2.45, 2.75) is 49.7 Å². The number of nitrogens with two attached hydrogens (primary N) is 2. The molecule has 0 spiro atoms. The first-order valence-electron chi connectivity index (χ1n) is 12.5. The number of nitrogen functional groups attached to an aromatic ring is 2. The Morgan fingerprint density at radius 3 is 2.83 bits per heavy atom. The van der Waals surface area contributed by atoms with Crippen LogP contribution in [0.5, 0.6) is 0 Å². The lowest BCUT2D eigenvalue weighted by Gasteiger charge is -2.50. The Morgan fingerprint density at radius 1 is 1.30 bits per heavy atom. The van der Waals surface area contributed by atoms with E-state index < -0.39 is 29.2 Å². The Balaban J connectivity index is 1.22. The van der Waals surface area contributed by atoms with Crippen molar-refractivity contribution in [3.63, 3.8) is 0 Å². The number of carbonyl (C=O) groups excluding carboxylic acids is 3. The molecule has 5 N–H and O–H groups in total. The monoisotopic (exact) mass is 584 g/mol. The van der Waals surface area contributed by atoms with Crippen LogP contribution in [0.3, 0.4) is 0 Å². The van der Waals surface area contributed by atoms with Crippen LogP contribution in [0.15, 0.2) is 41.0 Å². The smallest absolute Gasteiger partial charge is 0.309 e. The molecule has 1 saturated carbocycles. The minimum atomic E-state index is -1.48. The normalized spacial score (nSPS) is 21.4. The van der Waals surface area contributed by atoms with Gasteiger partial charge in [0.05, 0.1) is 17.9 Å². The van der Waals surface area contributed by atoms with Crippen molar-refractivity contribution < 1.29 is 28.9 Å². The van der Waals surface area contributed by atoms with E-state index >= 15 is 0 Å². The number of anilines is 2. The number of rotatable bonds is 8. The summed E-state index contributed by atoms with van der Waals surface area (Å²) in [6.45, 7) is 0.155. The van der Waals surface area contributed by atoms with Crippen LogP contribution in [0, 0.1) is 0 Å². The first-order chi connectivity index (χ1) is 19.3. The zero-order chi connectivity index (χ0) is 28.0. The van der Waals surface area contributed by atoms with E-state index in [2.05, 4.69) is 24.9 Å². The van der Waals surface area contributed by atoms with E-state index in [-0.39, 0.29) is 40.8 Å². The molecular weight excluding hydrogens is 560 g/mol. The predicted octanol–water partition coefficient (Wildman–Crippen LogP) is -1.59. The Labute approximate surface area is 235 Å². The van der Waals surface area contributed by atoms with Gasteiger partial charge >= 0.3 is 5.65 Å². The van der Waals surface area contributed by atoms with Crippen molar-refractivity contribution in [1.29, 1.82) is 0 Å². The van der Waals surface area contributed by atoms with Gasteiger partial charge in [-0.05, 0) is 31.7 Å². The standard InChI is InChI=1S/C23H24N10O5S2/c24-13-9-31(14-6-3-7-26-33(13)14)8-11-10-39-21-16(20(35)32(21)17(11)22(36)37)27-19(34)15(18-28-23(25)40-30-18)29-38-12-4-1-2-5-12/h3,6-7,9,12,16,21H,1-2,4-5,8,10H2,(H5-,24,25,26,27,28,30,34,36,37)/b29-15-. The van der Waals surface area contributed by atoms with Gasteiger partial charge in [0.2, 0.25) is 11.5 Å². The highest BCUT2D eigenvalue weighted by atomic mass is 32.2. The van der Waals surface area contributed by atoms with Gasteiger partial charge < -0.3 is 31.5 Å². The van der Waals surface area contributed by atoms with E-state index in [9.17, 15) is 19.5 Å². The highest BCUT2D eigenvalue weighted by Crippen LogP contribution is 2.40. The van der Waals surface area contributed by atoms with Crippen LogP contribution in [0.2, 0.25) is 0 Å². The van der Waals surface area contributed by atoms with Gasteiger partial charge in [0.25, 0.3) is 17.6 Å². The molecule has 2 atom stereocenters. The third kappa shape index (κ3) is 4.60. The summed E-state index contributed by atoms with van der Waals surface area (Å²) in [6, 6.07) is 2.54. The maximum atomic E-state index is 13.2. The van der Waals surface area contributed by atoms with Crippen molar-refractivity contribution in [2.75, 3.05) is 17.2 Å². The second-order valence-electron chi connectivity index (χ2n) is 9.48. The lowest BCUT2D eigenvalue weighted by Crippen LogP contribution is -2.71. The lowest BCUT2D eigenvalue weighted by atomic mass is 10.0. The molecule has 3 aromatic heterocycles. The first kappa shape index (κ1) is 26.0. The molecule has 17 heteroatoms. The molecule has 2 aliphatic heterocycles. The van der Waals surface area contributed by atoms with Crippen LogP contribution in [0.1, 0.15) is 31.5 Å². The molecule has 3 aromatic rings. The van der Waals surface area contributed by atoms with Gasteiger partial charge in [-0.3, -0.25) is 14.5 Å². The molecule has 2 amide bonds. The molecule has 208 valence electrons. The molecule has 2 fully saturated rings. The second kappa shape index (κ2) is 10.4. The maximum absolute atomic E-state index is 13.2. The SMILES string of the molecule is Nc1nc(/C(=N/OC2CCCC2)C(=O)NC2C(=O)N3C(C(=O)[O-])=C(C[n+]4cc(N)n5ncccc54)CSC23)ns1. The number of hydrogen-bond acceptors (Lipinski definition) is 13. The molecule has 1 saturated heterocycles. The van der Waals surface area contributed by atoms with E-state index in [4.69, 9.17) is 16.3 Å². The van der Waals surface area contributed by atoms with Gasteiger partial charge in [-0.1, -0.05) is 14.8 Å². The van der Waals surface area contributed by atoms with Gasteiger partial charge in [-0.15, -0.1) is 11.8 Å². The van der Waals surface area contributed by atoms with E-state index in [1.54, 1.807) is 29.1 Å². The van der Waals surface area contributed by atoms with Crippen molar-refractivity contribution in [3.8, 4) is 0 Å². The molecule has 6 rings (SSSR count). The third-order valence-electron chi connectivity index (χ3n) is 6.91. The molecule has 15 nitrogen and oxygen atoms in total. The Kier molecular flexibility index (Phi) is 6.75. The number of β-lactam (4-membered cyclic amide) rings is 1. The summed E-state index contributed by atoms with van der Waals surface area (Å²) >= 11 is 2.23. The molecule has 0 aromatic carbocycles. The van der Waals surface area contributed by atoms with Crippen molar-refractivity contribution >= 4 is 63.4 Å². The van der Waals surface area contributed by atoms with E-state index in [0.717, 1.165) is 42.1 Å². The van der Waals surface area contributed by atoms with Crippen LogP contribution in [-0.2, 0) is 25.8 Å². The average molecular weight is 585 g/mol. The van der Waals surface area contributed by atoms with Crippen molar-refractivity contribution in [2.24, 2.45) is 5.16 Å². The number of amides is 2. The number of nitrogens with zero attached hydrogens (tertiary/aromatic N) is 7. The molecule has 40 heavy (non-hydrogen) atoms. The van der Waals surface area contributed by atoms with Crippen molar-refractivity contribution in [1.82, 2.24) is 29.2 Å². The molecule has 0 bridgehead atoms. The summed E-state index contributed by atoms with van der Waals surface area (Å²) in [7, 11) is 0. The number of carbonyl (C=O) groups is 3. The quantitative estimate of drug-likeness (QED) is 0.119. The second-order valence-corrected chi connectivity index (χ2v) is 11.4. The largest absolute Gasteiger partial charge is 0.543 e. The number of carboxylic acid groups (broad SMARTS) is 1. The number of hydrogen-bond donors (Lipinski definition) is 3. The number of aromatic nitrogens is 5. The van der Waals surface area contributed by atoms with Crippen molar-refractivity contribution in [3.05, 3.63) is 41.6 Å². The molecular formula is C23H24N10O5S2. The Bertz CT molecular complexity index is 1580. The Morgan fingerprint density at radius 2 is 2.10 bits per heavy atom. The maximum Gasteiger partial charge on any atom is 0.309 e. The predicted molar refractivity (Wildman–Crippen MR) is 141 cm³/mol. The van der Waals surface area contributed by atoms with Gasteiger partial charge in [-0.25, -0.2) is 4.57 Å². The average Bonchev–Trinajstić information content (AvgIpc) is 3.69. The highest BCUT2D eigenvalue weighted by Gasteiger charge is 2.53. The number of nitrogens with one attached hydrogen (secondary N) is 1. The van der Waals surface area contributed by atoms with Crippen LogP contribution in [0.25, 0.3) is 5.65 Å². The van der Waals surface area contributed by atoms with E-state index in [1.807, 2.05) is 0 Å². The number of thioether (sulfide) groups is 1. The fourth-order valence-corrected chi connectivity index (χ4v) is 6.80. The minimum absolute atomic E-state index is 0.0129. The first-order valence-corrected chi connectivity index (χ1v) is 14.3. The van der Waals surface area contributed by atoms with E-state index in [1.165, 1.54) is 16.3 Å². The number of aliphatic carboxylic acids is 1. The number of fused-ring (bicyclic) bond motifs is 2. The van der Waals surface area contributed by atoms with Gasteiger partial charge in [-0.2, -0.15) is 9.36 Å². The van der Waals surface area contributed by atoms with Crippen LogP contribution in [0.4, 0.5) is 10.9 Å². The van der Waals surface area contributed by atoms with Gasteiger partial charge in [0, 0.05) is 28.9 Å². The summed E-state index contributed by atoms with van der Waals surface area (Å²) in [4.78, 5) is 49.4.